The van der Waals surface area contributed by atoms with Gasteiger partial charge in [0.2, 0.25) is 5.75 Å². The smallest absolute Gasteiger partial charge is 0.203 e. The van der Waals surface area contributed by atoms with Gasteiger partial charge in [0.15, 0.2) is 17.5 Å². The molecule has 9 heteroatoms. The van der Waals surface area contributed by atoms with Crippen molar-refractivity contribution in [2.45, 2.75) is 13.0 Å². The van der Waals surface area contributed by atoms with Crippen molar-refractivity contribution in [3.63, 3.8) is 0 Å². The van der Waals surface area contributed by atoms with Crippen LogP contribution in [0.4, 0.5) is 0 Å². The Morgan fingerprint density at radius 3 is 2.32 bits per heavy atom. The average Bonchev–Trinajstić information content (AvgIpc) is 2.96. The van der Waals surface area contributed by atoms with E-state index in [-0.39, 0.29) is 0 Å². The Kier molecular flexibility index (Phi) is 8.14. The van der Waals surface area contributed by atoms with Gasteiger partial charge in [0.25, 0.3) is 0 Å². The van der Waals surface area contributed by atoms with Crippen molar-refractivity contribution < 1.29 is 14.2 Å². The fourth-order valence-electron chi connectivity index (χ4n) is 2.83. The van der Waals surface area contributed by atoms with Crippen LogP contribution in [0.25, 0.3) is 0 Å². The van der Waals surface area contributed by atoms with Crippen molar-refractivity contribution in [3.8, 4) is 17.2 Å². The highest BCUT2D eigenvalue weighted by molar-refractivity contribution is 6.41. The first-order valence-corrected chi connectivity index (χ1v) is 9.44. The summed E-state index contributed by atoms with van der Waals surface area (Å²) in [6.07, 6.45) is 0.714. The molecule has 0 fully saturated rings. The van der Waals surface area contributed by atoms with E-state index in [1.165, 1.54) is 0 Å². The zero-order chi connectivity index (χ0) is 20.7. The standard InChI is InChI=1S/C19H26Cl2N4O3/c1-22-19(24-11-13-10-14(20)18(21)25(13)2)23-9-8-12-6-7-15(26-3)17(28-5)16(12)27-4/h6-7,10H,8-9,11H2,1-5H3,(H2,22,23,24). The average molecular weight is 429 g/mol. The molecule has 2 N–H and O–H groups in total. The Labute approximate surface area is 175 Å². The first kappa shape index (κ1) is 22.0. The molecule has 0 saturated heterocycles. The zero-order valence-electron chi connectivity index (χ0n) is 16.7. The van der Waals surface area contributed by atoms with Crippen molar-refractivity contribution in [2.75, 3.05) is 34.9 Å². The summed E-state index contributed by atoms with van der Waals surface area (Å²) in [4.78, 5) is 4.24. The van der Waals surface area contributed by atoms with Gasteiger partial charge in [0, 0.05) is 31.9 Å². The summed E-state index contributed by atoms with van der Waals surface area (Å²) in [6, 6.07) is 5.66. The van der Waals surface area contributed by atoms with E-state index in [9.17, 15) is 0 Å². The van der Waals surface area contributed by atoms with Crippen LogP contribution in [-0.4, -0.2) is 45.4 Å². The summed E-state index contributed by atoms with van der Waals surface area (Å²) in [5.74, 6) is 2.56. The molecule has 0 aliphatic carbocycles. The van der Waals surface area contributed by atoms with Crippen LogP contribution < -0.4 is 24.8 Å². The number of hydrogen-bond acceptors (Lipinski definition) is 4. The largest absolute Gasteiger partial charge is 0.493 e. The van der Waals surface area contributed by atoms with E-state index in [2.05, 4.69) is 15.6 Å². The molecule has 28 heavy (non-hydrogen) atoms. The minimum atomic E-state index is 0.516. The Morgan fingerprint density at radius 1 is 1.07 bits per heavy atom. The predicted octanol–water partition coefficient (Wildman–Crippen LogP) is 3.27. The molecule has 2 aromatic rings. The van der Waals surface area contributed by atoms with Gasteiger partial charge in [-0.15, -0.1) is 0 Å². The van der Waals surface area contributed by atoms with E-state index in [1.807, 2.05) is 29.8 Å². The molecule has 0 atom stereocenters. The second kappa shape index (κ2) is 10.3. The van der Waals surface area contributed by atoms with Crippen molar-refractivity contribution in [3.05, 3.63) is 39.6 Å². The molecule has 0 amide bonds. The minimum absolute atomic E-state index is 0.516. The zero-order valence-corrected chi connectivity index (χ0v) is 18.2. The fraction of sp³-hybridized carbons (Fsp3) is 0.421. The third kappa shape index (κ3) is 4.97. The number of benzene rings is 1. The molecule has 0 aliphatic rings. The highest BCUT2D eigenvalue weighted by atomic mass is 35.5. The van der Waals surface area contributed by atoms with Gasteiger partial charge in [-0.2, -0.15) is 0 Å². The third-order valence-electron chi connectivity index (χ3n) is 4.35. The molecule has 154 valence electrons. The Bertz CT molecular complexity index is 837. The number of nitrogens with zero attached hydrogens (tertiary/aromatic N) is 2. The van der Waals surface area contributed by atoms with E-state index in [4.69, 9.17) is 37.4 Å². The van der Waals surface area contributed by atoms with Gasteiger partial charge in [-0.1, -0.05) is 29.3 Å². The summed E-state index contributed by atoms with van der Waals surface area (Å²) in [6.45, 7) is 1.20. The highest BCUT2D eigenvalue weighted by Gasteiger charge is 2.15. The van der Waals surface area contributed by atoms with Crippen molar-refractivity contribution in [1.82, 2.24) is 15.2 Å². The van der Waals surface area contributed by atoms with Crippen molar-refractivity contribution >= 4 is 29.2 Å². The van der Waals surface area contributed by atoms with Crippen LogP contribution in [0, 0.1) is 0 Å². The lowest BCUT2D eigenvalue weighted by atomic mass is 10.1. The summed E-state index contributed by atoms with van der Waals surface area (Å²) < 4.78 is 18.1. The van der Waals surface area contributed by atoms with Crippen LogP contribution in [0.5, 0.6) is 17.2 Å². The number of methoxy groups -OCH3 is 3. The number of halogens is 2. The summed E-state index contributed by atoms with van der Waals surface area (Å²) in [7, 11) is 8.39. The summed E-state index contributed by atoms with van der Waals surface area (Å²) >= 11 is 12.2. The maximum atomic E-state index is 6.10. The first-order chi connectivity index (χ1) is 13.5. The van der Waals surface area contributed by atoms with Gasteiger partial charge >= 0.3 is 0 Å². The van der Waals surface area contributed by atoms with Gasteiger partial charge < -0.3 is 29.4 Å². The SMILES string of the molecule is CN=C(NCCc1ccc(OC)c(OC)c1OC)NCc1cc(Cl)c(Cl)n1C. The quantitative estimate of drug-likeness (QED) is 0.498. The van der Waals surface area contributed by atoms with Crippen molar-refractivity contribution in [2.24, 2.45) is 12.0 Å². The molecule has 1 heterocycles. The lowest BCUT2D eigenvalue weighted by Crippen LogP contribution is -2.38. The van der Waals surface area contributed by atoms with Gasteiger partial charge in [0.05, 0.1) is 32.9 Å². The minimum Gasteiger partial charge on any atom is -0.493 e. The normalized spacial score (nSPS) is 11.3. The van der Waals surface area contributed by atoms with E-state index in [0.717, 1.165) is 11.3 Å². The van der Waals surface area contributed by atoms with E-state index in [0.29, 0.717) is 52.9 Å². The Hall–Kier alpha value is -2.25. The summed E-state index contributed by atoms with van der Waals surface area (Å²) in [5, 5.41) is 7.58. The molecule has 0 unspecified atom stereocenters. The summed E-state index contributed by atoms with van der Waals surface area (Å²) in [5.41, 5.74) is 1.96. The second-order valence-corrected chi connectivity index (χ2v) is 6.69. The molecule has 0 saturated carbocycles. The first-order valence-electron chi connectivity index (χ1n) is 8.68. The molecule has 0 bridgehead atoms. The van der Waals surface area contributed by atoms with Crippen LogP contribution in [0.3, 0.4) is 0 Å². The van der Waals surface area contributed by atoms with Gasteiger partial charge in [-0.05, 0) is 18.6 Å². The molecule has 1 aromatic carbocycles. The van der Waals surface area contributed by atoms with Crippen molar-refractivity contribution in [1.29, 1.82) is 0 Å². The van der Waals surface area contributed by atoms with Crippen LogP contribution in [0.1, 0.15) is 11.3 Å². The lowest BCUT2D eigenvalue weighted by Gasteiger charge is -2.17. The topological polar surface area (TPSA) is 69.0 Å². The number of rotatable bonds is 8. The van der Waals surface area contributed by atoms with Gasteiger partial charge in [-0.25, -0.2) is 0 Å². The number of ether oxygens (including phenoxy) is 3. The molecule has 0 spiro atoms. The Balaban J connectivity index is 1.96. The fourth-order valence-corrected chi connectivity index (χ4v) is 3.24. The van der Waals surface area contributed by atoms with E-state index in [1.54, 1.807) is 28.4 Å². The number of aromatic nitrogens is 1. The maximum absolute atomic E-state index is 6.10. The molecule has 2 rings (SSSR count). The van der Waals surface area contributed by atoms with Gasteiger partial charge in [-0.3, -0.25) is 4.99 Å². The molecular formula is C19H26Cl2N4O3. The molecule has 1 aromatic heterocycles. The van der Waals surface area contributed by atoms with Gasteiger partial charge in [0.1, 0.15) is 5.15 Å². The number of guanidine groups is 1. The van der Waals surface area contributed by atoms with Crippen LogP contribution in [-0.2, 0) is 20.0 Å². The highest BCUT2D eigenvalue weighted by Crippen LogP contribution is 2.39. The van der Waals surface area contributed by atoms with Crippen LogP contribution in [0.2, 0.25) is 10.2 Å². The molecular weight excluding hydrogens is 403 g/mol. The number of hydrogen-bond donors (Lipinski definition) is 2. The van der Waals surface area contributed by atoms with E-state index >= 15 is 0 Å². The molecule has 7 nitrogen and oxygen atoms in total. The number of nitrogens with one attached hydrogen (secondary N) is 2. The lowest BCUT2D eigenvalue weighted by molar-refractivity contribution is 0.322. The second-order valence-electron chi connectivity index (χ2n) is 5.93. The monoisotopic (exact) mass is 428 g/mol. The Morgan fingerprint density at radius 2 is 1.79 bits per heavy atom. The molecule has 0 aliphatic heterocycles. The number of aliphatic imine (C=N–C) groups is 1. The van der Waals surface area contributed by atoms with E-state index < -0.39 is 0 Å². The molecule has 0 radical (unpaired) electrons. The van der Waals surface area contributed by atoms with Crippen LogP contribution >= 0.6 is 23.2 Å². The predicted molar refractivity (Wildman–Crippen MR) is 113 cm³/mol. The third-order valence-corrected chi connectivity index (χ3v) is 5.19. The maximum Gasteiger partial charge on any atom is 0.203 e. The van der Waals surface area contributed by atoms with Crippen LogP contribution in [0.15, 0.2) is 23.2 Å².